The number of nitrogens with zero attached hydrogens (tertiary/aromatic N) is 4. The van der Waals surface area contributed by atoms with Crippen LogP contribution >= 0.6 is 0 Å². The molecule has 1 fully saturated rings. The minimum Gasteiger partial charge on any atom is -0.492 e. The van der Waals surface area contributed by atoms with Crippen molar-refractivity contribution in [1.82, 2.24) is 19.6 Å². The van der Waals surface area contributed by atoms with E-state index in [4.69, 9.17) is 4.74 Å². The number of piperazine rings is 1. The maximum Gasteiger partial charge on any atom is 0.257 e. The molecule has 2 aromatic carbocycles. The summed E-state index contributed by atoms with van der Waals surface area (Å²) in [6.07, 6.45) is 1.70. The third kappa shape index (κ3) is 4.39. The Labute approximate surface area is 177 Å². The number of rotatable bonds is 6. The van der Waals surface area contributed by atoms with Crippen LogP contribution in [0.2, 0.25) is 0 Å². The number of hydrogen-bond donors (Lipinski definition) is 0. The minimum absolute atomic E-state index is 0.0625. The highest BCUT2D eigenvalue weighted by Gasteiger charge is 2.25. The normalized spacial score (nSPS) is 14.7. The molecule has 0 aliphatic carbocycles. The Bertz CT molecular complexity index is 991. The van der Waals surface area contributed by atoms with E-state index in [-0.39, 0.29) is 5.91 Å². The van der Waals surface area contributed by atoms with Crippen molar-refractivity contribution in [3.63, 3.8) is 0 Å². The molecule has 6 nitrogen and oxygen atoms in total. The van der Waals surface area contributed by atoms with Gasteiger partial charge >= 0.3 is 0 Å². The number of para-hydroxylation sites is 2. The molecule has 3 aromatic rings. The number of ether oxygens (including phenoxy) is 1. The smallest absolute Gasteiger partial charge is 0.257 e. The van der Waals surface area contributed by atoms with Crippen molar-refractivity contribution in [2.45, 2.75) is 13.8 Å². The molecule has 30 heavy (non-hydrogen) atoms. The van der Waals surface area contributed by atoms with Crippen molar-refractivity contribution in [3.05, 3.63) is 77.6 Å². The summed E-state index contributed by atoms with van der Waals surface area (Å²) in [6, 6.07) is 18.0. The van der Waals surface area contributed by atoms with Gasteiger partial charge in [-0.15, -0.1) is 0 Å². The van der Waals surface area contributed by atoms with E-state index in [1.807, 2.05) is 65.0 Å². The summed E-state index contributed by atoms with van der Waals surface area (Å²) < 4.78 is 7.65. The number of carbonyl (C=O) groups is 1. The third-order valence-electron chi connectivity index (χ3n) is 5.66. The van der Waals surface area contributed by atoms with E-state index >= 15 is 0 Å². The second-order valence-corrected chi connectivity index (χ2v) is 7.64. The van der Waals surface area contributed by atoms with Crippen molar-refractivity contribution in [2.24, 2.45) is 0 Å². The molecule has 0 N–H and O–H groups in total. The van der Waals surface area contributed by atoms with E-state index in [0.29, 0.717) is 12.2 Å². The summed E-state index contributed by atoms with van der Waals surface area (Å²) >= 11 is 0. The number of aryl methyl sites for hydroxylation is 1. The quantitative estimate of drug-likeness (QED) is 0.632. The van der Waals surface area contributed by atoms with Gasteiger partial charge in [0.05, 0.1) is 23.1 Å². The topological polar surface area (TPSA) is 50.6 Å². The Hall–Kier alpha value is -3.12. The Morgan fingerprint density at radius 2 is 1.67 bits per heavy atom. The van der Waals surface area contributed by atoms with Gasteiger partial charge in [0.2, 0.25) is 0 Å². The lowest BCUT2D eigenvalue weighted by Crippen LogP contribution is -2.49. The van der Waals surface area contributed by atoms with Crippen LogP contribution < -0.4 is 4.74 Å². The average Bonchev–Trinajstić information content (AvgIpc) is 3.16. The van der Waals surface area contributed by atoms with Crippen molar-refractivity contribution >= 4 is 5.91 Å². The zero-order valence-corrected chi connectivity index (χ0v) is 17.6. The molecule has 0 bridgehead atoms. The first-order chi connectivity index (χ1) is 14.6. The number of amides is 1. The molecule has 1 saturated heterocycles. The van der Waals surface area contributed by atoms with Gasteiger partial charge in [0.1, 0.15) is 12.4 Å². The molecular formula is C24H28N4O2. The Kier molecular flexibility index (Phi) is 6.14. The molecule has 0 spiro atoms. The summed E-state index contributed by atoms with van der Waals surface area (Å²) in [5.74, 6) is 0.958. The molecular weight excluding hydrogens is 376 g/mol. The molecule has 1 aliphatic rings. The van der Waals surface area contributed by atoms with Gasteiger partial charge in [-0.25, -0.2) is 4.68 Å². The van der Waals surface area contributed by atoms with Crippen LogP contribution in [0.4, 0.5) is 0 Å². The van der Waals surface area contributed by atoms with Gasteiger partial charge in [-0.1, -0.05) is 36.4 Å². The van der Waals surface area contributed by atoms with Gasteiger partial charge in [0, 0.05) is 32.7 Å². The van der Waals surface area contributed by atoms with Crippen LogP contribution in [0, 0.1) is 13.8 Å². The van der Waals surface area contributed by atoms with E-state index in [1.54, 1.807) is 6.20 Å². The number of aromatic nitrogens is 2. The van der Waals surface area contributed by atoms with Crippen molar-refractivity contribution in [3.8, 4) is 11.4 Å². The number of carbonyl (C=O) groups excluding carboxylic acids is 1. The molecule has 0 saturated carbocycles. The monoisotopic (exact) mass is 404 g/mol. The van der Waals surface area contributed by atoms with E-state index in [9.17, 15) is 4.79 Å². The lowest BCUT2D eigenvalue weighted by Gasteiger charge is -2.34. The SMILES string of the molecule is Cc1ccccc1-n1ncc(C(=O)N2CCN(CCOc3ccccc3)CC2)c1C. The first-order valence-corrected chi connectivity index (χ1v) is 10.4. The average molecular weight is 405 g/mol. The largest absolute Gasteiger partial charge is 0.492 e. The lowest BCUT2D eigenvalue weighted by atomic mass is 10.1. The summed E-state index contributed by atoms with van der Waals surface area (Å²) in [5.41, 5.74) is 3.71. The molecule has 4 rings (SSSR count). The molecule has 0 radical (unpaired) electrons. The zero-order valence-electron chi connectivity index (χ0n) is 17.6. The van der Waals surface area contributed by atoms with Crippen LogP contribution in [0.1, 0.15) is 21.6 Å². The predicted molar refractivity (Wildman–Crippen MR) is 117 cm³/mol. The molecule has 156 valence electrons. The zero-order chi connectivity index (χ0) is 20.9. The Balaban J connectivity index is 1.32. The Morgan fingerprint density at radius 3 is 2.40 bits per heavy atom. The Morgan fingerprint density at radius 1 is 0.967 bits per heavy atom. The van der Waals surface area contributed by atoms with Gasteiger partial charge in [-0.3, -0.25) is 9.69 Å². The molecule has 2 heterocycles. The van der Waals surface area contributed by atoms with Crippen LogP contribution in [0.3, 0.4) is 0 Å². The van der Waals surface area contributed by atoms with Crippen LogP contribution in [-0.4, -0.2) is 64.8 Å². The maximum atomic E-state index is 13.1. The summed E-state index contributed by atoms with van der Waals surface area (Å²) in [6.45, 7) is 8.69. The van der Waals surface area contributed by atoms with E-state index in [0.717, 1.165) is 55.4 Å². The molecule has 1 aromatic heterocycles. The van der Waals surface area contributed by atoms with E-state index in [2.05, 4.69) is 23.0 Å². The lowest BCUT2D eigenvalue weighted by molar-refractivity contribution is 0.0619. The second-order valence-electron chi connectivity index (χ2n) is 7.64. The van der Waals surface area contributed by atoms with Crippen LogP contribution in [-0.2, 0) is 0 Å². The van der Waals surface area contributed by atoms with Crippen LogP contribution in [0.5, 0.6) is 5.75 Å². The highest BCUT2D eigenvalue weighted by Crippen LogP contribution is 2.19. The first kappa shape index (κ1) is 20.2. The second kappa shape index (κ2) is 9.13. The van der Waals surface area contributed by atoms with Gasteiger partial charge in [0.15, 0.2) is 0 Å². The number of benzene rings is 2. The van der Waals surface area contributed by atoms with Crippen molar-refractivity contribution in [1.29, 1.82) is 0 Å². The van der Waals surface area contributed by atoms with Gasteiger partial charge in [-0.2, -0.15) is 5.10 Å². The fraction of sp³-hybridized carbons (Fsp3) is 0.333. The van der Waals surface area contributed by atoms with Gasteiger partial charge in [-0.05, 0) is 37.6 Å². The fourth-order valence-electron chi connectivity index (χ4n) is 3.82. The predicted octanol–water partition coefficient (Wildman–Crippen LogP) is 3.33. The molecule has 1 amide bonds. The highest BCUT2D eigenvalue weighted by molar-refractivity contribution is 5.95. The third-order valence-corrected chi connectivity index (χ3v) is 5.66. The van der Waals surface area contributed by atoms with Crippen molar-refractivity contribution < 1.29 is 9.53 Å². The van der Waals surface area contributed by atoms with Gasteiger partial charge < -0.3 is 9.64 Å². The summed E-state index contributed by atoms with van der Waals surface area (Å²) in [5, 5.41) is 4.49. The standard InChI is InChI=1S/C24H28N4O2/c1-19-8-6-7-11-23(19)28-20(2)22(18-25-28)24(29)27-14-12-26(13-15-27)16-17-30-21-9-4-3-5-10-21/h3-11,18H,12-17H2,1-2H3. The highest BCUT2D eigenvalue weighted by atomic mass is 16.5. The van der Waals surface area contributed by atoms with E-state index in [1.165, 1.54) is 0 Å². The van der Waals surface area contributed by atoms with Crippen LogP contribution in [0.25, 0.3) is 5.69 Å². The summed E-state index contributed by atoms with van der Waals surface area (Å²) in [7, 11) is 0. The first-order valence-electron chi connectivity index (χ1n) is 10.4. The van der Waals surface area contributed by atoms with Crippen LogP contribution in [0.15, 0.2) is 60.8 Å². The molecule has 6 heteroatoms. The molecule has 0 atom stereocenters. The van der Waals surface area contributed by atoms with E-state index < -0.39 is 0 Å². The molecule has 1 aliphatic heterocycles. The van der Waals surface area contributed by atoms with Gasteiger partial charge in [0.25, 0.3) is 5.91 Å². The molecule has 0 unspecified atom stereocenters. The van der Waals surface area contributed by atoms with Crippen molar-refractivity contribution in [2.75, 3.05) is 39.3 Å². The summed E-state index contributed by atoms with van der Waals surface area (Å²) in [4.78, 5) is 17.4. The maximum absolute atomic E-state index is 13.1. The minimum atomic E-state index is 0.0625. The number of hydrogen-bond acceptors (Lipinski definition) is 4. The fourth-order valence-corrected chi connectivity index (χ4v) is 3.82.